The van der Waals surface area contributed by atoms with Crippen molar-refractivity contribution in [2.24, 2.45) is 0 Å². The van der Waals surface area contributed by atoms with Crippen LogP contribution in [0.25, 0.3) is 0 Å². The monoisotopic (exact) mass is 369 g/mol. The summed E-state index contributed by atoms with van der Waals surface area (Å²) in [6, 6.07) is 10.9. The lowest BCUT2D eigenvalue weighted by Crippen LogP contribution is -2.26. The van der Waals surface area contributed by atoms with E-state index >= 15 is 0 Å². The minimum atomic E-state index is -0.441. The van der Waals surface area contributed by atoms with E-state index in [0.29, 0.717) is 17.8 Å². The molecule has 2 heterocycles. The molecule has 3 rings (SSSR count). The number of nitrogens with one attached hydrogen (secondary N) is 2. The zero-order chi connectivity index (χ0) is 18.5. The number of H-pyrrole nitrogens is 1. The lowest BCUT2D eigenvalue weighted by Gasteiger charge is -2.18. The summed E-state index contributed by atoms with van der Waals surface area (Å²) < 4.78 is 0. The van der Waals surface area contributed by atoms with Gasteiger partial charge in [0.25, 0.3) is 11.5 Å². The molecule has 0 aliphatic rings. The Kier molecular flexibility index (Phi) is 5.28. The predicted octanol–water partition coefficient (Wildman–Crippen LogP) is 2.71. The van der Waals surface area contributed by atoms with Crippen LogP contribution in [-0.2, 0) is 6.54 Å². The van der Waals surface area contributed by atoms with Gasteiger partial charge in [-0.25, -0.2) is 5.10 Å². The molecule has 7 nitrogen and oxygen atoms in total. The van der Waals surface area contributed by atoms with Crippen LogP contribution in [-0.4, -0.2) is 28.1 Å². The molecule has 0 aliphatic heterocycles. The molecule has 0 fully saturated rings. The van der Waals surface area contributed by atoms with Gasteiger partial charge >= 0.3 is 0 Å². The lowest BCUT2D eigenvalue weighted by atomic mass is 10.1. The lowest BCUT2D eigenvalue weighted by molar-refractivity contribution is 0.0993. The van der Waals surface area contributed by atoms with Gasteiger partial charge in [-0.1, -0.05) is 23.7 Å². The largest absolute Gasteiger partial charge is 0.378 e. The molecule has 0 bridgehead atoms. The number of aromatic nitrogens is 3. The molecule has 0 saturated heterocycles. The number of halogens is 1. The summed E-state index contributed by atoms with van der Waals surface area (Å²) in [7, 11) is 1.72. The highest BCUT2D eigenvalue weighted by Gasteiger charge is 2.13. The van der Waals surface area contributed by atoms with Crippen molar-refractivity contribution < 1.29 is 4.79 Å². The zero-order valence-corrected chi connectivity index (χ0v) is 14.7. The third-order valence-corrected chi connectivity index (χ3v) is 4.21. The van der Waals surface area contributed by atoms with Gasteiger partial charge in [0.2, 0.25) is 0 Å². The number of hydrogen-bond acceptors (Lipinski definition) is 5. The summed E-state index contributed by atoms with van der Waals surface area (Å²) in [6.07, 6.45) is 4.63. The molecule has 0 saturated carbocycles. The van der Waals surface area contributed by atoms with Crippen LogP contribution in [0.4, 0.5) is 11.4 Å². The van der Waals surface area contributed by atoms with Crippen LogP contribution in [0.3, 0.4) is 0 Å². The Labute approximate surface area is 154 Å². The maximum atomic E-state index is 12.4. The summed E-state index contributed by atoms with van der Waals surface area (Å²) >= 11 is 5.92. The van der Waals surface area contributed by atoms with Crippen LogP contribution >= 0.6 is 11.6 Å². The fraction of sp³-hybridized carbons (Fsp3) is 0.111. The first-order chi connectivity index (χ1) is 12.6. The second-order valence-corrected chi connectivity index (χ2v) is 5.92. The number of hydrogen-bond donors (Lipinski definition) is 2. The minimum Gasteiger partial charge on any atom is -0.378 e. The van der Waals surface area contributed by atoms with Gasteiger partial charge in [-0.3, -0.25) is 14.6 Å². The quantitative estimate of drug-likeness (QED) is 0.721. The van der Waals surface area contributed by atoms with E-state index in [1.807, 2.05) is 24.3 Å². The van der Waals surface area contributed by atoms with Crippen LogP contribution in [0.15, 0.2) is 59.8 Å². The summed E-state index contributed by atoms with van der Waals surface area (Å²) in [5.41, 5.74) is 2.33. The highest BCUT2D eigenvalue weighted by molar-refractivity contribution is 6.32. The van der Waals surface area contributed by atoms with Crippen molar-refractivity contribution in [1.82, 2.24) is 15.2 Å². The van der Waals surface area contributed by atoms with Gasteiger partial charge in [0.15, 0.2) is 0 Å². The molecule has 26 heavy (non-hydrogen) atoms. The number of carbonyl (C=O) groups is 1. The smallest absolute Gasteiger partial charge is 0.285 e. The average molecular weight is 370 g/mol. The minimum absolute atomic E-state index is 0.0688. The molecule has 2 N–H and O–H groups in total. The highest BCUT2D eigenvalue weighted by Crippen LogP contribution is 2.19. The number of nitrogens with zero attached hydrogens (tertiary/aromatic N) is 3. The molecule has 2 aromatic heterocycles. The van der Waals surface area contributed by atoms with Crippen molar-refractivity contribution in [3.05, 3.63) is 81.5 Å². The Bertz CT molecular complexity index is 957. The van der Waals surface area contributed by atoms with Crippen molar-refractivity contribution in [2.45, 2.75) is 6.54 Å². The molecule has 0 unspecified atom stereocenters. The van der Waals surface area contributed by atoms with Crippen LogP contribution in [0, 0.1) is 0 Å². The van der Waals surface area contributed by atoms with Gasteiger partial charge in [0, 0.05) is 37.2 Å². The van der Waals surface area contributed by atoms with E-state index in [4.69, 9.17) is 11.6 Å². The number of aromatic amines is 1. The van der Waals surface area contributed by atoms with Gasteiger partial charge < -0.3 is 10.2 Å². The fourth-order valence-electron chi connectivity index (χ4n) is 2.35. The van der Waals surface area contributed by atoms with Crippen molar-refractivity contribution in [3.63, 3.8) is 0 Å². The Hall–Kier alpha value is -3.19. The number of carbonyl (C=O) groups excluding carboxylic acids is 1. The fourth-order valence-corrected chi connectivity index (χ4v) is 2.50. The van der Waals surface area contributed by atoms with E-state index in [9.17, 15) is 9.59 Å². The molecule has 0 spiro atoms. The third kappa shape index (κ3) is 3.89. The third-order valence-electron chi connectivity index (χ3n) is 3.83. The van der Waals surface area contributed by atoms with Crippen molar-refractivity contribution in [2.75, 3.05) is 17.3 Å². The van der Waals surface area contributed by atoms with Gasteiger partial charge in [-0.15, -0.1) is 0 Å². The molecule has 0 aliphatic carbocycles. The number of amides is 1. The summed E-state index contributed by atoms with van der Waals surface area (Å²) in [4.78, 5) is 29.4. The van der Waals surface area contributed by atoms with Crippen LogP contribution in [0.1, 0.15) is 15.9 Å². The van der Waals surface area contributed by atoms with Gasteiger partial charge in [-0.05, 0) is 29.8 Å². The first-order valence-electron chi connectivity index (χ1n) is 7.80. The second-order valence-electron chi connectivity index (χ2n) is 5.55. The number of pyridine rings is 1. The Balaban J connectivity index is 1.67. The zero-order valence-electron chi connectivity index (χ0n) is 13.9. The number of rotatable bonds is 5. The molecular weight excluding hydrogens is 354 g/mol. The van der Waals surface area contributed by atoms with E-state index in [1.165, 1.54) is 6.20 Å². The summed E-state index contributed by atoms with van der Waals surface area (Å²) in [5, 5.41) is 9.11. The normalized spacial score (nSPS) is 10.4. The predicted molar refractivity (Wildman–Crippen MR) is 101 cm³/mol. The van der Waals surface area contributed by atoms with Crippen molar-refractivity contribution in [3.8, 4) is 0 Å². The molecule has 132 valence electrons. The summed E-state index contributed by atoms with van der Waals surface area (Å²) in [5.74, 6) is -0.111. The maximum absolute atomic E-state index is 12.4. The highest BCUT2D eigenvalue weighted by atomic mass is 35.5. The van der Waals surface area contributed by atoms with E-state index < -0.39 is 5.56 Å². The van der Waals surface area contributed by atoms with Crippen LogP contribution in [0.5, 0.6) is 0 Å². The van der Waals surface area contributed by atoms with E-state index in [2.05, 4.69) is 20.5 Å². The Morgan fingerprint density at radius 3 is 2.58 bits per heavy atom. The average Bonchev–Trinajstić information content (AvgIpc) is 2.69. The molecule has 0 atom stereocenters. The Morgan fingerprint density at radius 1 is 1.19 bits per heavy atom. The SMILES string of the molecule is CN(C(=O)c1ccncc1)c1ccc(CNc2cn[nH]c(=O)c2Cl)cc1. The first kappa shape index (κ1) is 17.6. The van der Waals surface area contributed by atoms with Crippen LogP contribution in [0.2, 0.25) is 5.02 Å². The molecule has 0 radical (unpaired) electrons. The van der Waals surface area contributed by atoms with E-state index in [0.717, 1.165) is 11.3 Å². The Morgan fingerprint density at radius 2 is 1.88 bits per heavy atom. The number of anilines is 2. The van der Waals surface area contributed by atoms with E-state index in [1.54, 1.807) is 36.5 Å². The summed E-state index contributed by atoms with van der Waals surface area (Å²) in [6.45, 7) is 0.465. The second kappa shape index (κ2) is 7.79. The molecule has 8 heteroatoms. The van der Waals surface area contributed by atoms with Crippen molar-refractivity contribution >= 4 is 28.9 Å². The van der Waals surface area contributed by atoms with Crippen LogP contribution < -0.4 is 15.8 Å². The first-order valence-corrected chi connectivity index (χ1v) is 8.18. The van der Waals surface area contributed by atoms with Crippen molar-refractivity contribution in [1.29, 1.82) is 0 Å². The van der Waals surface area contributed by atoms with Gasteiger partial charge in [-0.2, -0.15) is 5.10 Å². The molecule has 3 aromatic rings. The number of benzene rings is 1. The molecule has 1 amide bonds. The van der Waals surface area contributed by atoms with E-state index in [-0.39, 0.29) is 10.9 Å². The van der Waals surface area contributed by atoms with Gasteiger partial charge in [0.1, 0.15) is 5.02 Å². The standard InChI is InChI=1S/C18H16ClN5O2/c1-24(18(26)13-6-8-20-9-7-13)14-4-2-12(3-5-14)10-21-15-11-22-23-17(25)16(15)19/h2-9,11H,10H2,1H3,(H2,21,23,25). The topological polar surface area (TPSA) is 91.0 Å². The molecular formula is C18H16ClN5O2. The molecule has 1 aromatic carbocycles. The van der Waals surface area contributed by atoms with Gasteiger partial charge in [0.05, 0.1) is 11.9 Å². The maximum Gasteiger partial charge on any atom is 0.285 e.